The lowest BCUT2D eigenvalue weighted by Crippen LogP contribution is -2.43. The second-order valence-electron chi connectivity index (χ2n) is 13.0. The van der Waals surface area contributed by atoms with E-state index in [9.17, 15) is 28.9 Å². The molecule has 1 heterocycles. The summed E-state index contributed by atoms with van der Waals surface area (Å²) in [6.07, 6.45) is 8.76. The number of nitrogens with two attached hydrogens (primary N) is 1. The molecular weight excluding hydrogens is 616 g/mol. The molecule has 1 aliphatic heterocycles. The van der Waals surface area contributed by atoms with Crippen LogP contribution in [0, 0.1) is 29.1 Å². The van der Waals surface area contributed by atoms with Crippen LogP contribution in [-0.2, 0) is 28.2 Å². The van der Waals surface area contributed by atoms with Crippen LogP contribution in [0.25, 0.3) is 0 Å². The minimum absolute atomic E-state index is 0.0394. The number of aliphatic hydroxyl groups is 2. The van der Waals surface area contributed by atoms with Crippen molar-refractivity contribution >= 4 is 27.1 Å². The van der Waals surface area contributed by atoms with Gasteiger partial charge in [-0.3, -0.25) is 18.7 Å². The third-order valence-corrected chi connectivity index (χ3v) is 12.9. The zero-order valence-corrected chi connectivity index (χ0v) is 28.0. The van der Waals surface area contributed by atoms with Crippen LogP contribution in [0.3, 0.4) is 0 Å². The van der Waals surface area contributed by atoms with E-state index in [2.05, 4.69) is 32.1 Å². The van der Waals surface area contributed by atoms with E-state index in [0.29, 0.717) is 24.2 Å². The predicted octanol–water partition coefficient (Wildman–Crippen LogP) is 3.31. The van der Waals surface area contributed by atoms with Crippen molar-refractivity contribution in [3.8, 4) is 0 Å². The zero-order valence-electron chi connectivity index (χ0n) is 26.2. The standard InChI is InChI=1S/C25H38O5.C4H13NO7P2/c1-6-25(4,5)24(28)30-21-12-15(2)11-17-8-7-16(3)20(23(17)21)10-9-19-13-18(26)14-22(27)29-19;5-3-1-2-4(6,13(7,8)9)14(10,11)12/h7-8,11,15-16,18-21,23,26H,6,9-10,12-14H2,1-5H3;6H,1-3,5H2,(H2,7,8,9)(H2,10,11,12)/t15-,16-,18+,19+,20-,21-,23-;/m0./s1. The average molecular weight is 668 g/mol. The van der Waals surface area contributed by atoms with Gasteiger partial charge >= 0.3 is 27.1 Å². The maximum absolute atomic E-state index is 12.9. The fraction of sp³-hybridized carbons (Fsp3) is 0.793. The van der Waals surface area contributed by atoms with Gasteiger partial charge in [-0.25, -0.2) is 0 Å². The normalized spacial score (nSPS) is 29.5. The molecule has 0 aromatic carbocycles. The first kappa shape index (κ1) is 38.8. The molecule has 3 aliphatic rings. The van der Waals surface area contributed by atoms with Crippen molar-refractivity contribution < 1.29 is 58.0 Å². The summed E-state index contributed by atoms with van der Waals surface area (Å²) >= 11 is 0. The topological polar surface area (TPSA) is 234 Å². The van der Waals surface area contributed by atoms with Crippen molar-refractivity contribution in [2.75, 3.05) is 6.54 Å². The molecule has 0 saturated carbocycles. The second-order valence-corrected chi connectivity index (χ2v) is 17.0. The molecule has 0 spiro atoms. The van der Waals surface area contributed by atoms with Gasteiger partial charge in [-0.1, -0.05) is 39.0 Å². The third-order valence-electron chi connectivity index (χ3n) is 9.00. The van der Waals surface area contributed by atoms with Crippen LogP contribution in [-0.4, -0.2) is 71.7 Å². The molecule has 13 nitrogen and oxygen atoms in total. The van der Waals surface area contributed by atoms with E-state index >= 15 is 0 Å². The summed E-state index contributed by atoms with van der Waals surface area (Å²) in [7, 11) is -10.6. The van der Waals surface area contributed by atoms with Gasteiger partial charge in [0.05, 0.1) is 17.9 Å². The van der Waals surface area contributed by atoms with Gasteiger partial charge in [-0.15, -0.1) is 0 Å². The first-order chi connectivity index (χ1) is 20.2. The van der Waals surface area contributed by atoms with Gasteiger partial charge in [0.15, 0.2) is 0 Å². The van der Waals surface area contributed by atoms with E-state index in [4.69, 9.17) is 34.8 Å². The second kappa shape index (κ2) is 15.5. The number of ether oxygens (including phenoxy) is 2. The van der Waals surface area contributed by atoms with Crippen molar-refractivity contribution in [3.05, 3.63) is 23.8 Å². The fourth-order valence-electron chi connectivity index (χ4n) is 5.88. The molecule has 15 heteroatoms. The summed E-state index contributed by atoms with van der Waals surface area (Å²) < 4.78 is 33.1. The van der Waals surface area contributed by atoms with E-state index in [-0.39, 0.29) is 49.5 Å². The summed E-state index contributed by atoms with van der Waals surface area (Å²) in [4.78, 5) is 59.1. The average Bonchev–Trinajstić information content (AvgIpc) is 2.89. The van der Waals surface area contributed by atoms with E-state index in [1.54, 1.807) is 0 Å². The number of allylic oxidation sites excluding steroid dienone is 3. The Morgan fingerprint density at radius 1 is 1.11 bits per heavy atom. The predicted molar refractivity (Wildman–Crippen MR) is 163 cm³/mol. The molecule has 0 aromatic heterocycles. The molecule has 1 saturated heterocycles. The number of fused-ring (bicyclic) bond motifs is 1. The molecule has 1 fully saturated rings. The lowest BCUT2D eigenvalue weighted by Gasteiger charge is -2.44. The van der Waals surface area contributed by atoms with Crippen LogP contribution in [0.15, 0.2) is 23.8 Å². The molecule has 7 atom stereocenters. The highest BCUT2D eigenvalue weighted by molar-refractivity contribution is 7.72. The Hall–Kier alpha value is -1.40. The Balaban J connectivity index is 0.000000408. The maximum atomic E-state index is 12.9. The largest absolute Gasteiger partial charge is 0.462 e. The Morgan fingerprint density at radius 3 is 2.25 bits per heavy atom. The van der Waals surface area contributed by atoms with Crippen LogP contribution in [0.1, 0.15) is 86.0 Å². The Bertz CT molecular complexity index is 1140. The van der Waals surface area contributed by atoms with Gasteiger partial charge in [-0.05, 0) is 75.8 Å². The molecule has 8 N–H and O–H groups in total. The van der Waals surface area contributed by atoms with E-state index in [1.807, 2.05) is 20.8 Å². The number of hydrogen-bond donors (Lipinski definition) is 7. The SMILES string of the molecule is CCC(C)(C)C(=O)O[C@H]1C[C@@H](C)C=C2C=C[C@H](C)[C@H](CC[C@@H]3C[C@@H](O)CC(=O)O3)[C@H]21.NCCCC(O)(P(=O)(O)O)P(=O)(O)O. The summed E-state index contributed by atoms with van der Waals surface area (Å²) in [5.41, 5.74) is 5.79. The Morgan fingerprint density at radius 2 is 1.73 bits per heavy atom. The van der Waals surface area contributed by atoms with Crippen LogP contribution >= 0.6 is 15.2 Å². The van der Waals surface area contributed by atoms with Crippen LogP contribution in [0.4, 0.5) is 0 Å². The molecule has 2 aliphatic carbocycles. The first-order valence-corrected chi connectivity index (χ1v) is 18.4. The van der Waals surface area contributed by atoms with E-state index < -0.39 is 38.2 Å². The number of hydrogen-bond acceptors (Lipinski definition) is 9. The van der Waals surface area contributed by atoms with E-state index in [1.165, 1.54) is 5.57 Å². The van der Waals surface area contributed by atoms with Crippen molar-refractivity contribution in [2.24, 2.45) is 34.8 Å². The van der Waals surface area contributed by atoms with Crippen LogP contribution in [0.2, 0.25) is 0 Å². The Kier molecular flexibility index (Phi) is 13.6. The number of carbonyl (C=O) groups is 2. The smallest absolute Gasteiger partial charge is 0.369 e. The minimum Gasteiger partial charge on any atom is -0.462 e. The van der Waals surface area contributed by atoms with Gasteiger partial charge < -0.3 is 45.0 Å². The van der Waals surface area contributed by atoms with Gasteiger partial charge in [0, 0.05) is 18.8 Å². The highest BCUT2D eigenvalue weighted by Gasteiger charge is 2.58. The van der Waals surface area contributed by atoms with Crippen molar-refractivity contribution in [2.45, 2.75) is 109 Å². The lowest BCUT2D eigenvalue weighted by atomic mass is 9.65. The van der Waals surface area contributed by atoms with Crippen molar-refractivity contribution in [1.29, 1.82) is 0 Å². The van der Waals surface area contributed by atoms with Crippen molar-refractivity contribution in [1.82, 2.24) is 0 Å². The summed E-state index contributed by atoms with van der Waals surface area (Å²) in [6.45, 7) is 10.3. The lowest BCUT2D eigenvalue weighted by molar-refractivity contribution is -0.166. The highest BCUT2D eigenvalue weighted by Crippen LogP contribution is 2.69. The summed E-state index contributed by atoms with van der Waals surface area (Å²) in [5.74, 6) is 0.776. The number of cyclic esters (lactones) is 1. The first-order valence-electron chi connectivity index (χ1n) is 15.2. The molecule has 44 heavy (non-hydrogen) atoms. The summed E-state index contributed by atoms with van der Waals surface area (Å²) in [6, 6.07) is 0. The number of carbonyl (C=O) groups excluding carboxylic acids is 2. The molecule has 0 amide bonds. The molecule has 0 aromatic rings. The van der Waals surface area contributed by atoms with Gasteiger partial charge in [0.25, 0.3) is 5.08 Å². The number of aliphatic hydroxyl groups excluding tert-OH is 1. The fourth-order valence-corrected chi connectivity index (χ4v) is 8.14. The molecule has 0 bridgehead atoms. The number of esters is 2. The molecule has 254 valence electrons. The van der Waals surface area contributed by atoms with Crippen molar-refractivity contribution in [3.63, 3.8) is 0 Å². The third kappa shape index (κ3) is 9.80. The van der Waals surface area contributed by atoms with E-state index in [0.717, 1.165) is 25.7 Å². The molecule has 0 unspecified atom stereocenters. The van der Waals surface area contributed by atoms with Crippen LogP contribution in [0.5, 0.6) is 0 Å². The summed E-state index contributed by atoms with van der Waals surface area (Å²) in [5, 5.41) is 15.8. The van der Waals surface area contributed by atoms with Gasteiger partial charge in [0.2, 0.25) is 0 Å². The van der Waals surface area contributed by atoms with Gasteiger partial charge in [0.1, 0.15) is 12.2 Å². The molecule has 3 rings (SSSR count). The van der Waals surface area contributed by atoms with Gasteiger partial charge in [-0.2, -0.15) is 0 Å². The quantitative estimate of drug-likeness (QED) is 0.124. The maximum Gasteiger partial charge on any atom is 0.369 e. The molecular formula is C29H51NO12P2. The Labute approximate surface area is 259 Å². The van der Waals surface area contributed by atoms with Crippen LogP contribution < -0.4 is 5.73 Å². The highest BCUT2D eigenvalue weighted by atomic mass is 31.2. The monoisotopic (exact) mass is 667 g/mol. The number of rotatable bonds is 11. The minimum atomic E-state index is -5.30. The zero-order chi connectivity index (χ0) is 33.7. The molecule has 0 radical (unpaired) electrons.